The number of nitrogens with one attached hydrogen (secondary N) is 1. The first kappa shape index (κ1) is 13.1. The number of carbonyl (C=O) groups excluding carboxylic acids is 3. The highest BCUT2D eigenvalue weighted by molar-refractivity contribution is 6.03. The van der Waals surface area contributed by atoms with Crippen LogP contribution >= 0.6 is 0 Å². The Hall–Kier alpha value is -2.31. The van der Waals surface area contributed by atoms with Gasteiger partial charge >= 0.3 is 0 Å². The number of hydrogen-bond donors (Lipinski definition) is 1. The topological polar surface area (TPSA) is 79.4 Å². The number of likely N-dealkylation sites (N-methyl/N-ethyl adjacent to an activating group) is 1. The molecule has 0 spiro atoms. The summed E-state index contributed by atoms with van der Waals surface area (Å²) in [5, 5.41) is 2.41. The van der Waals surface area contributed by atoms with E-state index in [0.717, 1.165) is 4.90 Å². The summed E-state index contributed by atoms with van der Waals surface area (Å²) < 4.78 is 13.3. The molecule has 100 valence electrons. The molecule has 1 aliphatic rings. The zero-order chi connectivity index (χ0) is 14.0. The molecule has 1 fully saturated rings. The van der Waals surface area contributed by atoms with E-state index < -0.39 is 23.8 Å². The lowest BCUT2D eigenvalue weighted by molar-refractivity contribution is -0.147. The zero-order valence-corrected chi connectivity index (χ0v) is 10.2. The zero-order valence-electron chi connectivity index (χ0n) is 10.2. The van der Waals surface area contributed by atoms with Crippen LogP contribution in [0.25, 0.3) is 0 Å². The lowest BCUT2D eigenvalue weighted by atomic mass is 10.0. The highest BCUT2D eigenvalue weighted by Crippen LogP contribution is 2.12. The first-order valence-corrected chi connectivity index (χ1v) is 5.72. The van der Waals surface area contributed by atoms with Crippen LogP contribution in [-0.2, 0) is 9.59 Å². The van der Waals surface area contributed by atoms with Gasteiger partial charge in [-0.2, -0.15) is 4.39 Å². The van der Waals surface area contributed by atoms with E-state index in [1.165, 1.54) is 25.4 Å². The molecule has 1 aromatic heterocycles. The number of hydrogen-bond acceptors (Lipinski definition) is 4. The van der Waals surface area contributed by atoms with Crippen molar-refractivity contribution in [2.24, 2.45) is 0 Å². The Balaban J connectivity index is 2.10. The van der Waals surface area contributed by atoms with Gasteiger partial charge in [0.05, 0.1) is 5.56 Å². The normalized spacial score (nSPS) is 19.5. The quantitative estimate of drug-likeness (QED) is 0.607. The number of pyridine rings is 1. The van der Waals surface area contributed by atoms with Crippen molar-refractivity contribution < 1.29 is 18.8 Å². The van der Waals surface area contributed by atoms with Crippen LogP contribution in [0.4, 0.5) is 4.39 Å². The van der Waals surface area contributed by atoms with Gasteiger partial charge in [0, 0.05) is 19.7 Å². The largest absolute Gasteiger partial charge is 0.340 e. The number of imide groups is 1. The lowest BCUT2D eigenvalue weighted by Gasteiger charge is -2.28. The Bertz CT molecular complexity index is 547. The van der Waals surface area contributed by atoms with Gasteiger partial charge in [0.1, 0.15) is 6.04 Å². The number of halogens is 1. The van der Waals surface area contributed by atoms with Gasteiger partial charge in [0.25, 0.3) is 11.8 Å². The van der Waals surface area contributed by atoms with Crippen molar-refractivity contribution in [3.05, 3.63) is 29.8 Å². The molecule has 19 heavy (non-hydrogen) atoms. The number of carbonyl (C=O) groups is 3. The summed E-state index contributed by atoms with van der Waals surface area (Å²) in [6, 6.07) is 1.89. The standard InChI is InChI=1S/C12H12FN3O3/c1-16-9(17)5-4-8(12(16)19)15-11(18)7-3-2-6-14-10(7)13/h2-3,6,8H,4-5H2,1H3,(H,15,18). The van der Waals surface area contributed by atoms with E-state index in [1.807, 2.05) is 0 Å². The Kier molecular flexibility index (Phi) is 3.55. The van der Waals surface area contributed by atoms with Crippen molar-refractivity contribution in [2.75, 3.05) is 7.05 Å². The molecule has 1 aliphatic heterocycles. The van der Waals surface area contributed by atoms with E-state index in [2.05, 4.69) is 10.3 Å². The van der Waals surface area contributed by atoms with Gasteiger partial charge < -0.3 is 5.32 Å². The van der Waals surface area contributed by atoms with Gasteiger partial charge in [-0.05, 0) is 18.6 Å². The minimum atomic E-state index is -0.896. The summed E-state index contributed by atoms with van der Waals surface area (Å²) in [4.78, 5) is 39.2. The molecule has 1 aromatic rings. The van der Waals surface area contributed by atoms with Gasteiger partial charge in [-0.15, -0.1) is 0 Å². The van der Waals surface area contributed by atoms with Gasteiger partial charge in [0.2, 0.25) is 11.9 Å². The SMILES string of the molecule is CN1C(=O)CCC(NC(=O)c2cccnc2F)C1=O. The first-order chi connectivity index (χ1) is 9.00. The first-order valence-electron chi connectivity index (χ1n) is 5.72. The second-order valence-corrected chi connectivity index (χ2v) is 4.20. The molecule has 2 rings (SSSR count). The van der Waals surface area contributed by atoms with Crippen molar-refractivity contribution in [1.82, 2.24) is 15.2 Å². The molecule has 0 aromatic carbocycles. The molecule has 0 aliphatic carbocycles. The Morgan fingerprint density at radius 3 is 2.95 bits per heavy atom. The average Bonchev–Trinajstić information content (AvgIpc) is 2.40. The summed E-state index contributed by atoms with van der Waals surface area (Å²) in [5.41, 5.74) is -0.227. The molecular formula is C12H12FN3O3. The lowest BCUT2D eigenvalue weighted by Crippen LogP contribution is -2.53. The summed E-state index contributed by atoms with van der Waals surface area (Å²) in [6.07, 6.45) is 1.61. The second kappa shape index (κ2) is 5.13. The minimum Gasteiger partial charge on any atom is -0.340 e. The molecule has 1 atom stereocenters. The van der Waals surface area contributed by atoms with E-state index in [0.29, 0.717) is 0 Å². The van der Waals surface area contributed by atoms with E-state index in [-0.39, 0.29) is 24.3 Å². The highest BCUT2D eigenvalue weighted by Gasteiger charge is 2.33. The molecular weight excluding hydrogens is 253 g/mol. The van der Waals surface area contributed by atoms with Gasteiger partial charge in [-0.1, -0.05) is 0 Å². The van der Waals surface area contributed by atoms with Crippen LogP contribution in [-0.4, -0.2) is 40.7 Å². The van der Waals surface area contributed by atoms with Gasteiger partial charge in [-0.25, -0.2) is 4.98 Å². The smallest absolute Gasteiger partial charge is 0.256 e. The number of nitrogens with zero attached hydrogens (tertiary/aromatic N) is 2. The molecule has 2 heterocycles. The minimum absolute atomic E-state index is 0.169. The summed E-state index contributed by atoms with van der Waals surface area (Å²) in [7, 11) is 1.35. The molecule has 0 radical (unpaired) electrons. The monoisotopic (exact) mass is 265 g/mol. The van der Waals surface area contributed by atoms with Gasteiger partial charge in [0.15, 0.2) is 0 Å². The molecule has 0 bridgehead atoms. The van der Waals surface area contributed by atoms with Crippen molar-refractivity contribution in [1.29, 1.82) is 0 Å². The number of aromatic nitrogens is 1. The maximum Gasteiger partial charge on any atom is 0.256 e. The molecule has 1 unspecified atom stereocenters. The number of piperidine rings is 1. The number of likely N-dealkylation sites (tertiary alicyclic amines) is 1. The Morgan fingerprint density at radius 2 is 2.26 bits per heavy atom. The van der Waals surface area contributed by atoms with Crippen LogP contribution in [0, 0.1) is 5.95 Å². The predicted molar refractivity (Wildman–Crippen MR) is 62.5 cm³/mol. The third-order valence-electron chi connectivity index (χ3n) is 2.96. The molecule has 0 saturated carbocycles. The fraction of sp³-hybridized carbons (Fsp3) is 0.333. The van der Waals surface area contributed by atoms with Crippen LogP contribution in [0.3, 0.4) is 0 Å². The van der Waals surface area contributed by atoms with Crippen molar-refractivity contribution in [3.63, 3.8) is 0 Å². The fourth-order valence-corrected chi connectivity index (χ4v) is 1.84. The Morgan fingerprint density at radius 1 is 1.53 bits per heavy atom. The van der Waals surface area contributed by atoms with Crippen LogP contribution in [0.1, 0.15) is 23.2 Å². The van der Waals surface area contributed by atoms with E-state index in [4.69, 9.17) is 0 Å². The molecule has 7 heteroatoms. The Labute approximate surface area is 108 Å². The van der Waals surface area contributed by atoms with E-state index in [9.17, 15) is 18.8 Å². The molecule has 1 N–H and O–H groups in total. The maximum absolute atomic E-state index is 13.3. The third-order valence-corrected chi connectivity index (χ3v) is 2.96. The van der Waals surface area contributed by atoms with Crippen LogP contribution < -0.4 is 5.32 Å². The summed E-state index contributed by atoms with van der Waals surface area (Å²) in [5.74, 6) is -2.39. The van der Waals surface area contributed by atoms with Crippen molar-refractivity contribution >= 4 is 17.7 Å². The second-order valence-electron chi connectivity index (χ2n) is 4.20. The fourth-order valence-electron chi connectivity index (χ4n) is 1.84. The number of amides is 3. The molecule has 1 saturated heterocycles. The van der Waals surface area contributed by atoms with Gasteiger partial charge in [-0.3, -0.25) is 19.3 Å². The van der Waals surface area contributed by atoms with Crippen molar-refractivity contribution in [3.8, 4) is 0 Å². The van der Waals surface area contributed by atoms with E-state index in [1.54, 1.807) is 0 Å². The highest BCUT2D eigenvalue weighted by atomic mass is 19.1. The summed E-state index contributed by atoms with van der Waals surface area (Å²) in [6.45, 7) is 0. The molecule has 3 amide bonds. The number of rotatable bonds is 2. The average molecular weight is 265 g/mol. The predicted octanol–water partition coefficient (Wildman–Crippen LogP) is 0.0979. The maximum atomic E-state index is 13.3. The summed E-state index contributed by atoms with van der Waals surface area (Å²) >= 11 is 0. The van der Waals surface area contributed by atoms with Crippen LogP contribution in [0.5, 0.6) is 0 Å². The molecule has 6 nitrogen and oxygen atoms in total. The van der Waals surface area contributed by atoms with Crippen LogP contribution in [0.15, 0.2) is 18.3 Å². The third kappa shape index (κ3) is 2.59. The van der Waals surface area contributed by atoms with Crippen molar-refractivity contribution in [2.45, 2.75) is 18.9 Å². The van der Waals surface area contributed by atoms with Crippen LogP contribution in [0.2, 0.25) is 0 Å². The van der Waals surface area contributed by atoms with E-state index >= 15 is 0 Å².